The van der Waals surface area contributed by atoms with Crippen molar-refractivity contribution < 1.29 is 19.1 Å². The van der Waals surface area contributed by atoms with Crippen LogP contribution in [-0.2, 0) is 27.3 Å². The molecule has 29 heavy (non-hydrogen) atoms. The van der Waals surface area contributed by atoms with E-state index in [1.165, 1.54) is 5.56 Å². The number of carbonyl (C=O) groups excluding carboxylic acids is 2. The first-order valence-electron chi connectivity index (χ1n) is 9.87. The Morgan fingerprint density at radius 2 is 1.97 bits per heavy atom. The lowest BCUT2D eigenvalue weighted by Gasteiger charge is -2.41. The molecule has 6 heteroatoms. The van der Waals surface area contributed by atoms with E-state index in [9.17, 15) is 9.59 Å². The Bertz CT molecular complexity index is 942. The first kappa shape index (κ1) is 19.5. The number of benzene rings is 2. The molecule has 0 aromatic heterocycles. The average molecular weight is 394 g/mol. The van der Waals surface area contributed by atoms with Gasteiger partial charge in [0.15, 0.2) is 6.10 Å². The molecular formula is C23H26N2O4. The van der Waals surface area contributed by atoms with Crippen molar-refractivity contribution in [2.45, 2.75) is 32.0 Å². The maximum atomic E-state index is 13.5. The zero-order valence-corrected chi connectivity index (χ0v) is 17.1. The smallest absolute Gasteiger partial charge is 0.254 e. The molecule has 0 aliphatic carbocycles. The number of rotatable bonds is 3. The molecule has 0 spiro atoms. The van der Waals surface area contributed by atoms with Gasteiger partial charge in [-0.3, -0.25) is 9.59 Å². The van der Waals surface area contributed by atoms with Crippen molar-refractivity contribution in [3.63, 3.8) is 0 Å². The largest absolute Gasteiger partial charge is 0.497 e. The third-order valence-corrected chi connectivity index (χ3v) is 5.97. The van der Waals surface area contributed by atoms with Gasteiger partial charge < -0.3 is 19.3 Å². The Balaban J connectivity index is 1.61. The van der Waals surface area contributed by atoms with Gasteiger partial charge in [0.2, 0.25) is 5.91 Å². The molecule has 0 bridgehead atoms. The van der Waals surface area contributed by atoms with Crippen LogP contribution < -0.4 is 4.74 Å². The molecule has 152 valence electrons. The lowest BCUT2D eigenvalue weighted by atomic mass is 9.92. The molecule has 1 fully saturated rings. The number of ether oxygens (including phenoxy) is 2. The van der Waals surface area contributed by atoms with Gasteiger partial charge in [-0.2, -0.15) is 0 Å². The summed E-state index contributed by atoms with van der Waals surface area (Å²) in [4.78, 5) is 29.3. The molecule has 2 amide bonds. The van der Waals surface area contributed by atoms with E-state index in [2.05, 4.69) is 0 Å². The van der Waals surface area contributed by atoms with Crippen LogP contribution in [0.1, 0.15) is 28.3 Å². The maximum Gasteiger partial charge on any atom is 0.254 e. The van der Waals surface area contributed by atoms with Gasteiger partial charge in [0, 0.05) is 20.1 Å². The number of hydrogen-bond acceptors (Lipinski definition) is 4. The van der Waals surface area contributed by atoms with Crippen molar-refractivity contribution in [1.82, 2.24) is 9.80 Å². The quantitative estimate of drug-likeness (QED) is 0.803. The summed E-state index contributed by atoms with van der Waals surface area (Å²) in [6.07, 6.45) is 0.0630. The van der Waals surface area contributed by atoms with Crippen molar-refractivity contribution in [3.05, 3.63) is 64.7 Å². The van der Waals surface area contributed by atoms with Crippen molar-refractivity contribution in [2.24, 2.45) is 0 Å². The fourth-order valence-corrected chi connectivity index (χ4v) is 4.23. The van der Waals surface area contributed by atoms with E-state index in [1.807, 2.05) is 54.3 Å². The Morgan fingerprint density at radius 1 is 1.17 bits per heavy atom. The number of nitrogens with zero attached hydrogens (tertiary/aromatic N) is 2. The summed E-state index contributed by atoms with van der Waals surface area (Å²) in [5, 5.41) is 0. The van der Waals surface area contributed by atoms with E-state index in [0.29, 0.717) is 13.1 Å². The summed E-state index contributed by atoms with van der Waals surface area (Å²) in [6, 6.07) is 13.4. The second kappa shape index (κ2) is 7.87. The SMILES string of the molecule is COc1ccc2c(c1)CCN(C(=O)[C@H]1OCC(=O)N(C)[C@@H]1c1ccccc1C)C2. The Morgan fingerprint density at radius 3 is 2.72 bits per heavy atom. The van der Waals surface area contributed by atoms with Crippen LogP contribution in [0.15, 0.2) is 42.5 Å². The van der Waals surface area contributed by atoms with Crippen LogP contribution >= 0.6 is 0 Å². The van der Waals surface area contributed by atoms with Gasteiger partial charge in [-0.1, -0.05) is 30.3 Å². The molecular weight excluding hydrogens is 368 g/mol. The summed E-state index contributed by atoms with van der Waals surface area (Å²) >= 11 is 0. The fraction of sp³-hybridized carbons (Fsp3) is 0.391. The van der Waals surface area contributed by atoms with Gasteiger partial charge in [-0.25, -0.2) is 0 Å². The minimum Gasteiger partial charge on any atom is -0.497 e. The van der Waals surface area contributed by atoms with Crippen LogP contribution in [0.4, 0.5) is 0 Å². The molecule has 1 saturated heterocycles. The van der Waals surface area contributed by atoms with Crippen LogP contribution in [0, 0.1) is 6.92 Å². The highest BCUT2D eigenvalue weighted by Gasteiger charge is 2.42. The highest BCUT2D eigenvalue weighted by atomic mass is 16.5. The minimum absolute atomic E-state index is 0.0703. The maximum absolute atomic E-state index is 13.5. The number of hydrogen-bond donors (Lipinski definition) is 0. The number of carbonyl (C=O) groups is 2. The lowest BCUT2D eigenvalue weighted by Crippen LogP contribution is -2.54. The standard InChI is InChI=1S/C23H26N2O4/c1-15-6-4-5-7-19(15)21-22(29-14-20(26)24(21)2)23(27)25-11-10-16-12-18(28-3)9-8-17(16)13-25/h4-9,12,21-22H,10-11,13-14H2,1-3H3/t21-,22+/m1/s1. The highest BCUT2D eigenvalue weighted by molar-refractivity contribution is 5.86. The second-order valence-corrected chi connectivity index (χ2v) is 7.68. The van der Waals surface area contributed by atoms with Crippen molar-refractivity contribution in [3.8, 4) is 5.75 Å². The zero-order valence-electron chi connectivity index (χ0n) is 17.1. The second-order valence-electron chi connectivity index (χ2n) is 7.68. The molecule has 0 N–H and O–H groups in total. The number of fused-ring (bicyclic) bond motifs is 1. The van der Waals surface area contributed by atoms with E-state index in [0.717, 1.165) is 28.9 Å². The number of likely N-dealkylation sites (N-methyl/N-ethyl adjacent to an activating group) is 1. The highest BCUT2D eigenvalue weighted by Crippen LogP contribution is 2.33. The molecule has 4 rings (SSSR count). The van der Waals surface area contributed by atoms with E-state index >= 15 is 0 Å². The predicted molar refractivity (Wildman–Crippen MR) is 109 cm³/mol. The van der Waals surface area contributed by atoms with E-state index < -0.39 is 12.1 Å². The Labute approximate surface area is 171 Å². The molecule has 2 heterocycles. The molecule has 2 aliphatic rings. The molecule has 2 aromatic rings. The van der Waals surface area contributed by atoms with Gasteiger partial charge in [0.1, 0.15) is 12.4 Å². The number of amides is 2. The van der Waals surface area contributed by atoms with Crippen LogP contribution in [-0.4, -0.2) is 55.0 Å². The molecule has 6 nitrogen and oxygen atoms in total. The molecule has 0 unspecified atom stereocenters. The number of methoxy groups -OCH3 is 1. The van der Waals surface area contributed by atoms with Gasteiger partial charge in [-0.05, 0) is 47.7 Å². The van der Waals surface area contributed by atoms with E-state index in [4.69, 9.17) is 9.47 Å². The Kier molecular flexibility index (Phi) is 5.28. The van der Waals surface area contributed by atoms with E-state index in [1.54, 1.807) is 19.1 Å². The third-order valence-electron chi connectivity index (χ3n) is 5.97. The van der Waals surface area contributed by atoms with Crippen LogP contribution in [0.3, 0.4) is 0 Å². The summed E-state index contributed by atoms with van der Waals surface area (Å²) in [7, 11) is 3.41. The van der Waals surface area contributed by atoms with Crippen LogP contribution in [0.5, 0.6) is 5.75 Å². The predicted octanol–water partition coefficient (Wildman–Crippen LogP) is 2.49. The Hall–Kier alpha value is -2.86. The third kappa shape index (κ3) is 3.60. The molecule has 2 atom stereocenters. The summed E-state index contributed by atoms with van der Waals surface area (Å²) in [5.74, 6) is 0.649. The molecule has 2 aliphatic heterocycles. The molecule has 0 saturated carbocycles. The normalized spacial score (nSPS) is 21.7. The summed E-state index contributed by atoms with van der Waals surface area (Å²) in [6.45, 7) is 3.08. The number of aryl methyl sites for hydroxylation is 1. The monoisotopic (exact) mass is 394 g/mol. The first-order chi connectivity index (χ1) is 14.0. The topological polar surface area (TPSA) is 59.1 Å². The van der Waals surface area contributed by atoms with Gasteiger partial charge in [0.25, 0.3) is 5.91 Å². The molecule has 2 aromatic carbocycles. The lowest BCUT2D eigenvalue weighted by molar-refractivity contribution is -0.168. The molecule has 0 radical (unpaired) electrons. The van der Waals surface area contributed by atoms with Gasteiger partial charge >= 0.3 is 0 Å². The van der Waals surface area contributed by atoms with E-state index in [-0.39, 0.29) is 18.4 Å². The number of morpholine rings is 1. The summed E-state index contributed by atoms with van der Waals surface area (Å²) < 4.78 is 11.1. The van der Waals surface area contributed by atoms with Gasteiger partial charge in [-0.15, -0.1) is 0 Å². The van der Waals surface area contributed by atoms with Crippen molar-refractivity contribution >= 4 is 11.8 Å². The van der Waals surface area contributed by atoms with Gasteiger partial charge in [0.05, 0.1) is 13.2 Å². The minimum atomic E-state index is -0.710. The zero-order chi connectivity index (χ0) is 20.5. The van der Waals surface area contributed by atoms with Crippen LogP contribution in [0.2, 0.25) is 0 Å². The summed E-state index contributed by atoms with van der Waals surface area (Å²) in [5.41, 5.74) is 4.32. The van der Waals surface area contributed by atoms with Crippen molar-refractivity contribution in [2.75, 3.05) is 27.3 Å². The van der Waals surface area contributed by atoms with Crippen molar-refractivity contribution in [1.29, 1.82) is 0 Å². The van der Waals surface area contributed by atoms with Crippen LogP contribution in [0.25, 0.3) is 0 Å². The first-order valence-corrected chi connectivity index (χ1v) is 9.87. The fourth-order valence-electron chi connectivity index (χ4n) is 4.23. The average Bonchev–Trinajstić information content (AvgIpc) is 2.75.